The fourth-order valence-corrected chi connectivity index (χ4v) is 4.81. The fraction of sp³-hybridized carbons (Fsp3) is 0.643. The summed E-state index contributed by atoms with van der Waals surface area (Å²) in [7, 11) is 0. The van der Waals surface area contributed by atoms with Gasteiger partial charge in [-0.2, -0.15) is 13.2 Å². The zero-order valence-corrected chi connectivity index (χ0v) is 13.8. The maximum Gasteiger partial charge on any atom is 0.434 e. The highest BCUT2D eigenvalue weighted by molar-refractivity contribution is 7.15. The first kappa shape index (κ1) is 15.3. The number of hydrogen-bond acceptors (Lipinski definition) is 6. The molecule has 4 nitrogen and oxygen atoms in total. The molecule has 1 atom stereocenters. The highest BCUT2D eigenvalue weighted by atomic mass is 32.1. The van der Waals surface area contributed by atoms with Gasteiger partial charge in [0.1, 0.15) is 5.01 Å². The van der Waals surface area contributed by atoms with Gasteiger partial charge >= 0.3 is 6.18 Å². The average molecular weight is 360 g/mol. The minimum Gasteiger partial charge on any atom is -0.346 e. The summed E-state index contributed by atoms with van der Waals surface area (Å²) >= 11 is 2.73. The molecule has 0 radical (unpaired) electrons. The smallest absolute Gasteiger partial charge is 0.346 e. The van der Waals surface area contributed by atoms with Crippen molar-refractivity contribution >= 4 is 27.8 Å². The number of alkyl halides is 3. The van der Waals surface area contributed by atoms with E-state index < -0.39 is 11.9 Å². The summed E-state index contributed by atoms with van der Waals surface area (Å²) in [6, 6.07) is 0. The van der Waals surface area contributed by atoms with Crippen LogP contribution in [0.15, 0.2) is 5.38 Å². The third-order valence-corrected chi connectivity index (χ3v) is 6.36. The van der Waals surface area contributed by atoms with Crippen molar-refractivity contribution in [1.29, 1.82) is 0 Å². The molecule has 1 unspecified atom stereocenters. The first-order valence-corrected chi connectivity index (χ1v) is 9.31. The molecule has 1 aliphatic heterocycles. The second-order valence-corrected chi connectivity index (χ2v) is 7.93. The molecular weight excluding hydrogens is 345 g/mol. The number of halogens is 3. The molecule has 9 heteroatoms. The van der Waals surface area contributed by atoms with Crippen LogP contribution in [0, 0.1) is 0 Å². The third kappa shape index (κ3) is 3.21. The van der Waals surface area contributed by atoms with Crippen LogP contribution in [0.5, 0.6) is 0 Å². The molecule has 1 saturated heterocycles. The lowest BCUT2D eigenvalue weighted by Gasteiger charge is -2.31. The molecule has 0 N–H and O–H groups in total. The molecule has 2 aromatic rings. The predicted molar refractivity (Wildman–Crippen MR) is 83.2 cm³/mol. The van der Waals surface area contributed by atoms with Gasteiger partial charge in [-0.1, -0.05) is 11.3 Å². The van der Waals surface area contributed by atoms with E-state index in [0.717, 1.165) is 46.2 Å². The summed E-state index contributed by atoms with van der Waals surface area (Å²) in [6.45, 7) is 1.55. The van der Waals surface area contributed by atoms with Crippen LogP contribution in [-0.2, 0) is 6.18 Å². The molecule has 2 aliphatic rings. The van der Waals surface area contributed by atoms with E-state index in [1.807, 2.05) is 0 Å². The molecule has 3 heterocycles. The zero-order chi connectivity index (χ0) is 16.0. The second kappa shape index (κ2) is 5.70. The van der Waals surface area contributed by atoms with Gasteiger partial charge < -0.3 is 4.90 Å². The van der Waals surface area contributed by atoms with Gasteiger partial charge in [0.05, 0.1) is 5.01 Å². The van der Waals surface area contributed by atoms with Crippen molar-refractivity contribution in [2.45, 2.75) is 43.7 Å². The molecule has 2 fully saturated rings. The van der Waals surface area contributed by atoms with E-state index in [4.69, 9.17) is 0 Å². The SMILES string of the molecule is FC(F)(F)c1csc(C2CCCN(c3nnc(C4CC4)s3)C2)n1. The van der Waals surface area contributed by atoms with Gasteiger partial charge in [-0.25, -0.2) is 4.98 Å². The van der Waals surface area contributed by atoms with Crippen LogP contribution < -0.4 is 4.90 Å². The highest BCUT2D eigenvalue weighted by Gasteiger charge is 2.35. The van der Waals surface area contributed by atoms with Crippen molar-refractivity contribution in [3.63, 3.8) is 0 Å². The van der Waals surface area contributed by atoms with Crippen LogP contribution in [0.2, 0.25) is 0 Å². The topological polar surface area (TPSA) is 41.9 Å². The van der Waals surface area contributed by atoms with Gasteiger partial charge in [0.15, 0.2) is 5.69 Å². The van der Waals surface area contributed by atoms with Crippen molar-refractivity contribution in [2.75, 3.05) is 18.0 Å². The van der Waals surface area contributed by atoms with E-state index in [1.54, 1.807) is 11.3 Å². The number of nitrogens with zero attached hydrogens (tertiary/aromatic N) is 4. The molecule has 0 spiro atoms. The molecule has 1 saturated carbocycles. The third-order valence-electron chi connectivity index (χ3n) is 4.21. The summed E-state index contributed by atoms with van der Waals surface area (Å²) in [5, 5.41) is 12.2. The highest BCUT2D eigenvalue weighted by Crippen LogP contribution is 2.43. The lowest BCUT2D eigenvalue weighted by Crippen LogP contribution is -2.34. The predicted octanol–water partition coefficient (Wildman–Crippen LogP) is 4.27. The van der Waals surface area contributed by atoms with Gasteiger partial charge in [-0.15, -0.1) is 21.5 Å². The lowest BCUT2D eigenvalue weighted by molar-refractivity contribution is -0.140. The summed E-state index contributed by atoms with van der Waals surface area (Å²) in [6.07, 6.45) is -0.172. The number of anilines is 1. The van der Waals surface area contributed by atoms with E-state index in [0.29, 0.717) is 17.5 Å². The Labute approximate surface area is 139 Å². The Balaban J connectivity index is 1.48. The van der Waals surface area contributed by atoms with Crippen molar-refractivity contribution in [3.8, 4) is 0 Å². The van der Waals surface area contributed by atoms with Crippen molar-refractivity contribution < 1.29 is 13.2 Å². The molecule has 124 valence electrons. The number of aromatic nitrogens is 3. The monoisotopic (exact) mass is 360 g/mol. The number of piperidine rings is 1. The summed E-state index contributed by atoms with van der Waals surface area (Å²) in [5.74, 6) is 0.619. The second-order valence-electron chi connectivity index (χ2n) is 6.05. The van der Waals surface area contributed by atoms with Crippen LogP contribution in [0.3, 0.4) is 0 Å². The number of thiazole rings is 1. The largest absolute Gasteiger partial charge is 0.434 e. The number of rotatable bonds is 3. The van der Waals surface area contributed by atoms with Gasteiger partial charge in [0, 0.05) is 30.3 Å². The Bertz CT molecular complexity index is 692. The Morgan fingerprint density at radius 2 is 1.91 bits per heavy atom. The quantitative estimate of drug-likeness (QED) is 0.820. The molecule has 0 aromatic carbocycles. The first-order chi connectivity index (χ1) is 11.0. The average Bonchev–Trinajstić information content (AvgIpc) is 3.05. The molecule has 4 rings (SSSR count). The minimum absolute atomic E-state index is 0.0399. The Morgan fingerprint density at radius 3 is 2.61 bits per heavy atom. The maximum absolute atomic E-state index is 12.7. The zero-order valence-electron chi connectivity index (χ0n) is 12.2. The van der Waals surface area contributed by atoms with Gasteiger partial charge in [0.2, 0.25) is 5.13 Å². The molecule has 0 bridgehead atoms. The fourth-order valence-electron chi connectivity index (χ4n) is 2.81. The van der Waals surface area contributed by atoms with Gasteiger partial charge in [-0.3, -0.25) is 0 Å². The maximum atomic E-state index is 12.7. The van der Waals surface area contributed by atoms with E-state index in [1.165, 1.54) is 12.8 Å². The molecule has 1 aliphatic carbocycles. The Hall–Kier alpha value is -1.22. The number of hydrogen-bond donors (Lipinski definition) is 0. The Morgan fingerprint density at radius 1 is 1.09 bits per heavy atom. The molecule has 0 amide bonds. The van der Waals surface area contributed by atoms with E-state index in [2.05, 4.69) is 20.1 Å². The van der Waals surface area contributed by atoms with Crippen molar-refractivity contribution in [3.05, 3.63) is 21.1 Å². The first-order valence-electron chi connectivity index (χ1n) is 7.61. The van der Waals surface area contributed by atoms with Crippen LogP contribution >= 0.6 is 22.7 Å². The lowest BCUT2D eigenvalue weighted by atomic mass is 9.99. The minimum atomic E-state index is -4.36. The summed E-state index contributed by atoms with van der Waals surface area (Å²) < 4.78 is 38.1. The molecular formula is C14H15F3N4S2. The molecule has 23 heavy (non-hydrogen) atoms. The van der Waals surface area contributed by atoms with Crippen LogP contribution in [0.1, 0.15) is 53.2 Å². The van der Waals surface area contributed by atoms with E-state index in [9.17, 15) is 13.2 Å². The van der Waals surface area contributed by atoms with E-state index in [-0.39, 0.29) is 5.92 Å². The van der Waals surface area contributed by atoms with Gasteiger partial charge in [-0.05, 0) is 25.7 Å². The van der Waals surface area contributed by atoms with Crippen molar-refractivity contribution in [1.82, 2.24) is 15.2 Å². The molecule has 2 aromatic heterocycles. The van der Waals surface area contributed by atoms with Crippen LogP contribution in [-0.4, -0.2) is 28.3 Å². The summed E-state index contributed by atoms with van der Waals surface area (Å²) in [4.78, 5) is 5.96. The van der Waals surface area contributed by atoms with E-state index >= 15 is 0 Å². The summed E-state index contributed by atoms with van der Waals surface area (Å²) in [5.41, 5.74) is -0.776. The van der Waals surface area contributed by atoms with Crippen molar-refractivity contribution in [2.24, 2.45) is 0 Å². The Kier molecular flexibility index (Phi) is 3.79. The van der Waals surface area contributed by atoms with Crippen LogP contribution in [0.25, 0.3) is 0 Å². The van der Waals surface area contributed by atoms with Crippen LogP contribution in [0.4, 0.5) is 18.3 Å². The normalized spacial score (nSPS) is 22.6. The van der Waals surface area contributed by atoms with Gasteiger partial charge in [0.25, 0.3) is 0 Å². The standard InChI is InChI=1S/C14H15F3N4S2/c15-14(16,17)10-7-22-11(18-10)9-2-1-5-21(6-9)13-20-19-12(23-13)8-3-4-8/h7-9H,1-6H2.